The quantitative estimate of drug-likeness (QED) is 0.845. The van der Waals surface area contributed by atoms with Crippen molar-refractivity contribution >= 4 is 5.91 Å². The van der Waals surface area contributed by atoms with E-state index in [-0.39, 0.29) is 5.91 Å². The first kappa shape index (κ1) is 16.0. The summed E-state index contributed by atoms with van der Waals surface area (Å²) >= 11 is 0. The molecule has 3 heteroatoms. The lowest BCUT2D eigenvalue weighted by atomic mass is 9.81. The van der Waals surface area contributed by atoms with Crippen LogP contribution in [0.2, 0.25) is 0 Å². The van der Waals surface area contributed by atoms with Gasteiger partial charge < -0.3 is 11.1 Å². The second kappa shape index (κ2) is 8.18. The molecule has 3 N–H and O–H groups in total. The van der Waals surface area contributed by atoms with Crippen LogP contribution in [0.15, 0.2) is 24.3 Å². The van der Waals surface area contributed by atoms with E-state index in [1.807, 2.05) is 24.3 Å². The molecule has 0 aliphatic heterocycles. The van der Waals surface area contributed by atoms with Crippen molar-refractivity contribution in [2.24, 2.45) is 17.6 Å². The molecule has 0 atom stereocenters. The Balaban J connectivity index is 1.75. The SMILES string of the molecule is CC1CCC(CCNC(=O)c2cccc(CCN)c2)CC1. The zero-order valence-electron chi connectivity index (χ0n) is 13.1. The summed E-state index contributed by atoms with van der Waals surface area (Å²) in [6.45, 7) is 3.75. The predicted octanol–water partition coefficient (Wildman–Crippen LogP) is 3.13. The molecule has 3 nitrogen and oxygen atoms in total. The molecule has 2 rings (SSSR count). The molecule has 1 aliphatic rings. The number of hydrogen-bond acceptors (Lipinski definition) is 2. The Bertz CT molecular complexity index is 450. The third-order valence-corrected chi connectivity index (χ3v) is 4.60. The number of nitrogens with one attached hydrogen (secondary N) is 1. The fraction of sp³-hybridized carbons (Fsp3) is 0.611. The minimum atomic E-state index is 0.0399. The summed E-state index contributed by atoms with van der Waals surface area (Å²) in [5.74, 6) is 1.73. The molecule has 1 aliphatic carbocycles. The molecule has 0 spiro atoms. The van der Waals surface area contributed by atoms with Crippen LogP contribution in [-0.2, 0) is 6.42 Å². The molecule has 0 unspecified atom stereocenters. The monoisotopic (exact) mass is 288 g/mol. The Morgan fingerprint density at radius 1 is 1.29 bits per heavy atom. The van der Waals surface area contributed by atoms with Gasteiger partial charge in [0.25, 0.3) is 5.91 Å². The van der Waals surface area contributed by atoms with E-state index in [9.17, 15) is 4.79 Å². The number of carbonyl (C=O) groups is 1. The second-order valence-electron chi connectivity index (χ2n) is 6.41. The summed E-state index contributed by atoms with van der Waals surface area (Å²) in [5.41, 5.74) is 7.44. The minimum absolute atomic E-state index is 0.0399. The molecular weight excluding hydrogens is 260 g/mol. The average Bonchev–Trinajstić information content (AvgIpc) is 2.50. The first-order chi connectivity index (χ1) is 10.2. The molecule has 1 fully saturated rings. The summed E-state index contributed by atoms with van der Waals surface area (Å²) in [5, 5.41) is 3.06. The summed E-state index contributed by atoms with van der Waals surface area (Å²) in [4.78, 5) is 12.2. The fourth-order valence-corrected chi connectivity index (χ4v) is 3.14. The van der Waals surface area contributed by atoms with Gasteiger partial charge in [-0.2, -0.15) is 0 Å². The van der Waals surface area contributed by atoms with Crippen molar-refractivity contribution < 1.29 is 4.79 Å². The van der Waals surface area contributed by atoms with E-state index in [2.05, 4.69) is 12.2 Å². The Morgan fingerprint density at radius 3 is 2.76 bits per heavy atom. The molecule has 0 heterocycles. The van der Waals surface area contributed by atoms with Crippen molar-refractivity contribution in [2.75, 3.05) is 13.1 Å². The lowest BCUT2D eigenvalue weighted by Crippen LogP contribution is -2.27. The van der Waals surface area contributed by atoms with Gasteiger partial charge in [0.1, 0.15) is 0 Å². The topological polar surface area (TPSA) is 55.1 Å². The van der Waals surface area contributed by atoms with Gasteiger partial charge in [0.05, 0.1) is 0 Å². The highest BCUT2D eigenvalue weighted by molar-refractivity contribution is 5.94. The Morgan fingerprint density at radius 2 is 2.05 bits per heavy atom. The summed E-state index contributed by atoms with van der Waals surface area (Å²) in [6.07, 6.45) is 7.27. The number of benzene rings is 1. The maximum Gasteiger partial charge on any atom is 0.251 e. The third kappa shape index (κ3) is 5.16. The average molecular weight is 288 g/mol. The van der Waals surface area contributed by atoms with E-state index in [4.69, 9.17) is 5.73 Å². The number of hydrogen-bond donors (Lipinski definition) is 2. The molecule has 1 saturated carbocycles. The maximum atomic E-state index is 12.2. The third-order valence-electron chi connectivity index (χ3n) is 4.60. The largest absolute Gasteiger partial charge is 0.352 e. The Kier molecular flexibility index (Phi) is 6.24. The van der Waals surface area contributed by atoms with Crippen LogP contribution in [0.5, 0.6) is 0 Å². The van der Waals surface area contributed by atoms with Crippen molar-refractivity contribution in [2.45, 2.75) is 45.4 Å². The second-order valence-corrected chi connectivity index (χ2v) is 6.41. The van der Waals surface area contributed by atoms with Crippen LogP contribution in [0.3, 0.4) is 0 Å². The normalized spacial score (nSPS) is 22.0. The van der Waals surface area contributed by atoms with Gasteiger partial charge in [-0.3, -0.25) is 4.79 Å². The van der Waals surface area contributed by atoms with Gasteiger partial charge in [0, 0.05) is 12.1 Å². The number of carbonyl (C=O) groups excluding carboxylic acids is 1. The Labute approximate surface area is 128 Å². The van der Waals surface area contributed by atoms with Crippen molar-refractivity contribution in [3.8, 4) is 0 Å². The first-order valence-corrected chi connectivity index (χ1v) is 8.26. The van der Waals surface area contributed by atoms with E-state index in [0.29, 0.717) is 6.54 Å². The van der Waals surface area contributed by atoms with Gasteiger partial charge in [0.2, 0.25) is 0 Å². The van der Waals surface area contributed by atoms with E-state index in [0.717, 1.165) is 42.3 Å². The highest BCUT2D eigenvalue weighted by Gasteiger charge is 2.18. The first-order valence-electron chi connectivity index (χ1n) is 8.26. The van der Waals surface area contributed by atoms with Crippen LogP contribution in [-0.4, -0.2) is 19.0 Å². The van der Waals surface area contributed by atoms with Crippen molar-refractivity contribution in [3.05, 3.63) is 35.4 Å². The van der Waals surface area contributed by atoms with E-state index < -0.39 is 0 Å². The number of rotatable bonds is 6. The molecule has 1 aromatic rings. The minimum Gasteiger partial charge on any atom is -0.352 e. The van der Waals surface area contributed by atoms with Gasteiger partial charge in [-0.25, -0.2) is 0 Å². The molecule has 0 bridgehead atoms. The van der Waals surface area contributed by atoms with Crippen LogP contribution in [0.1, 0.15) is 54.9 Å². The maximum absolute atomic E-state index is 12.2. The van der Waals surface area contributed by atoms with Gasteiger partial charge in [-0.05, 0) is 48.9 Å². The molecule has 116 valence electrons. The van der Waals surface area contributed by atoms with Gasteiger partial charge >= 0.3 is 0 Å². The fourth-order valence-electron chi connectivity index (χ4n) is 3.14. The number of amides is 1. The van der Waals surface area contributed by atoms with E-state index in [1.165, 1.54) is 25.7 Å². The van der Waals surface area contributed by atoms with Crippen LogP contribution < -0.4 is 11.1 Å². The molecular formula is C18H28N2O. The van der Waals surface area contributed by atoms with Crippen molar-refractivity contribution in [3.63, 3.8) is 0 Å². The zero-order valence-corrected chi connectivity index (χ0v) is 13.1. The standard InChI is InChI=1S/C18H28N2O/c1-14-5-7-15(8-6-14)10-12-20-18(21)17-4-2-3-16(13-17)9-11-19/h2-4,13-15H,5-12,19H2,1H3,(H,20,21). The molecule has 1 aromatic carbocycles. The van der Waals surface area contributed by atoms with Crippen LogP contribution in [0, 0.1) is 11.8 Å². The van der Waals surface area contributed by atoms with E-state index >= 15 is 0 Å². The van der Waals surface area contributed by atoms with E-state index in [1.54, 1.807) is 0 Å². The molecule has 21 heavy (non-hydrogen) atoms. The van der Waals surface area contributed by atoms with Crippen LogP contribution >= 0.6 is 0 Å². The Hall–Kier alpha value is -1.35. The van der Waals surface area contributed by atoms with Crippen molar-refractivity contribution in [1.29, 1.82) is 0 Å². The highest BCUT2D eigenvalue weighted by atomic mass is 16.1. The lowest BCUT2D eigenvalue weighted by molar-refractivity contribution is 0.0949. The van der Waals surface area contributed by atoms with Gasteiger partial charge in [0.15, 0.2) is 0 Å². The molecule has 0 saturated heterocycles. The van der Waals surface area contributed by atoms with Crippen LogP contribution in [0.25, 0.3) is 0 Å². The summed E-state index contributed by atoms with van der Waals surface area (Å²) in [7, 11) is 0. The zero-order chi connectivity index (χ0) is 15.1. The van der Waals surface area contributed by atoms with Crippen molar-refractivity contribution in [1.82, 2.24) is 5.32 Å². The predicted molar refractivity (Wildman–Crippen MR) is 87.3 cm³/mol. The smallest absolute Gasteiger partial charge is 0.251 e. The summed E-state index contributed by atoms with van der Waals surface area (Å²) < 4.78 is 0. The van der Waals surface area contributed by atoms with Crippen LogP contribution in [0.4, 0.5) is 0 Å². The summed E-state index contributed by atoms with van der Waals surface area (Å²) in [6, 6.07) is 7.78. The lowest BCUT2D eigenvalue weighted by Gasteiger charge is -2.26. The molecule has 0 aromatic heterocycles. The van der Waals surface area contributed by atoms with Gasteiger partial charge in [-0.15, -0.1) is 0 Å². The van der Waals surface area contributed by atoms with Gasteiger partial charge in [-0.1, -0.05) is 44.7 Å². The number of nitrogens with two attached hydrogens (primary N) is 1. The molecule has 0 radical (unpaired) electrons. The molecule has 1 amide bonds. The highest BCUT2D eigenvalue weighted by Crippen LogP contribution is 2.29.